The van der Waals surface area contributed by atoms with Gasteiger partial charge >= 0.3 is 0 Å². The van der Waals surface area contributed by atoms with Gasteiger partial charge in [0.1, 0.15) is 16.7 Å². The van der Waals surface area contributed by atoms with Crippen molar-refractivity contribution in [2.45, 2.75) is 0 Å². The topological polar surface area (TPSA) is 56.2 Å². The van der Waals surface area contributed by atoms with Gasteiger partial charge in [0.2, 0.25) is 0 Å². The molecular weight excluding hydrogens is 244 g/mol. The molecule has 0 unspecified atom stereocenters. The van der Waals surface area contributed by atoms with Gasteiger partial charge in [-0.1, -0.05) is 17.7 Å². The second-order valence-electron chi connectivity index (χ2n) is 3.28. The van der Waals surface area contributed by atoms with Gasteiger partial charge in [-0.25, -0.2) is 4.98 Å². The molecule has 0 atom stereocenters. The van der Waals surface area contributed by atoms with E-state index in [1.54, 1.807) is 21.9 Å². The average Bonchev–Trinajstić information content (AvgIpc) is 2.82. The maximum absolute atomic E-state index is 5.83. The highest BCUT2D eigenvalue weighted by Crippen LogP contribution is 2.25. The van der Waals surface area contributed by atoms with Crippen LogP contribution in [0.25, 0.3) is 16.2 Å². The van der Waals surface area contributed by atoms with Crippen molar-refractivity contribution in [3.63, 3.8) is 0 Å². The second kappa shape index (κ2) is 3.47. The second-order valence-corrected chi connectivity index (χ2v) is 4.62. The first-order valence-corrected chi connectivity index (χ1v) is 5.85. The molecule has 80 valence electrons. The molecule has 3 aromatic rings. The van der Waals surface area contributed by atoms with Gasteiger partial charge in [-0.2, -0.15) is 9.61 Å². The molecule has 6 heteroatoms. The first kappa shape index (κ1) is 9.62. The van der Waals surface area contributed by atoms with Crippen molar-refractivity contribution in [2.75, 3.05) is 5.73 Å². The van der Waals surface area contributed by atoms with Crippen molar-refractivity contribution >= 4 is 34.4 Å². The Bertz CT molecular complexity index is 644. The van der Waals surface area contributed by atoms with Crippen molar-refractivity contribution in [2.24, 2.45) is 0 Å². The van der Waals surface area contributed by atoms with Crippen LogP contribution in [0.15, 0.2) is 29.6 Å². The Morgan fingerprint density at radius 1 is 1.38 bits per heavy atom. The van der Waals surface area contributed by atoms with Crippen molar-refractivity contribution in [1.82, 2.24) is 14.6 Å². The number of nitrogen functional groups attached to an aromatic ring is 1. The van der Waals surface area contributed by atoms with Gasteiger partial charge in [0.15, 0.2) is 5.65 Å². The zero-order valence-corrected chi connectivity index (χ0v) is 9.66. The van der Waals surface area contributed by atoms with Crippen LogP contribution in [0.1, 0.15) is 0 Å². The zero-order valence-electron chi connectivity index (χ0n) is 8.09. The summed E-state index contributed by atoms with van der Waals surface area (Å²) in [4.78, 5) is 5.24. The molecule has 4 nitrogen and oxygen atoms in total. The Kier molecular flexibility index (Phi) is 2.08. The van der Waals surface area contributed by atoms with Crippen LogP contribution >= 0.6 is 22.9 Å². The summed E-state index contributed by atoms with van der Waals surface area (Å²) in [6, 6.07) is 7.44. The lowest BCUT2D eigenvalue weighted by atomic mass is 10.3. The third-order valence-corrected chi connectivity index (χ3v) is 3.28. The molecule has 3 rings (SSSR count). The summed E-state index contributed by atoms with van der Waals surface area (Å²) in [6.45, 7) is 0. The molecule has 0 spiro atoms. The zero-order chi connectivity index (χ0) is 11.1. The lowest BCUT2D eigenvalue weighted by molar-refractivity contribution is 0.957. The van der Waals surface area contributed by atoms with Crippen molar-refractivity contribution in [1.29, 1.82) is 0 Å². The first-order chi connectivity index (χ1) is 7.74. The Morgan fingerprint density at radius 3 is 3.00 bits per heavy atom. The van der Waals surface area contributed by atoms with Crippen LogP contribution in [0.3, 0.4) is 0 Å². The molecule has 0 aliphatic carbocycles. The lowest BCUT2D eigenvalue weighted by Gasteiger charge is -1.97. The summed E-state index contributed by atoms with van der Waals surface area (Å²) >= 11 is 7.45. The third kappa shape index (κ3) is 1.45. The number of anilines is 1. The summed E-state index contributed by atoms with van der Waals surface area (Å²) < 4.78 is 1.58. The van der Waals surface area contributed by atoms with Crippen LogP contribution in [0, 0.1) is 0 Å². The maximum Gasteiger partial charge on any atom is 0.159 e. The van der Waals surface area contributed by atoms with Crippen LogP contribution in [0.2, 0.25) is 5.15 Å². The predicted octanol–water partition coefficient (Wildman–Crippen LogP) is 2.69. The Hall–Kier alpha value is -1.59. The van der Waals surface area contributed by atoms with Crippen LogP contribution in [-0.4, -0.2) is 14.6 Å². The largest absolute Gasteiger partial charge is 0.383 e. The van der Waals surface area contributed by atoms with E-state index in [4.69, 9.17) is 17.3 Å². The number of rotatable bonds is 1. The molecule has 0 bridgehead atoms. The monoisotopic (exact) mass is 250 g/mol. The molecule has 0 saturated carbocycles. The van der Waals surface area contributed by atoms with Crippen molar-refractivity contribution in [3.05, 3.63) is 34.8 Å². The van der Waals surface area contributed by atoms with E-state index in [1.807, 2.05) is 23.6 Å². The quantitative estimate of drug-likeness (QED) is 0.676. The normalized spacial score (nSPS) is 11.1. The molecular formula is C10H7ClN4S. The molecule has 0 fully saturated rings. The minimum atomic E-state index is 0.377. The Morgan fingerprint density at radius 2 is 2.25 bits per heavy atom. The van der Waals surface area contributed by atoms with E-state index >= 15 is 0 Å². The minimum Gasteiger partial charge on any atom is -0.383 e. The molecule has 0 aliphatic heterocycles. The Labute approximate surface area is 100 Å². The maximum atomic E-state index is 5.83. The molecule has 3 aromatic heterocycles. The highest BCUT2D eigenvalue weighted by molar-refractivity contribution is 7.13. The smallest absolute Gasteiger partial charge is 0.159 e. The van der Waals surface area contributed by atoms with E-state index in [1.165, 1.54) is 0 Å². The van der Waals surface area contributed by atoms with Gasteiger partial charge in [-0.05, 0) is 11.4 Å². The fourth-order valence-electron chi connectivity index (χ4n) is 1.51. The number of halogens is 1. The molecule has 3 heterocycles. The predicted molar refractivity (Wildman–Crippen MR) is 65.7 cm³/mol. The van der Waals surface area contributed by atoms with Crippen molar-refractivity contribution < 1.29 is 0 Å². The summed E-state index contributed by atoms with van der Waals surface area (Å²) in [5.74, 6) is 0.484. The van der Waals surface area contributed by atoms with E-state index in [2.05, 4.69) is 10.1 Å². The van der Waals surface area contributed by atoms with E-state index in [0.717, 1.165) is 10.6 Å². The molecule has 0 amide bonds. The summed E-state index contributed by atoms with van der Waals surface area (Å²) in [7, 11) is 0. The number of fused-ring (bicyclic) bond motifs is 1. The molecule has 0 aliphatic rings. The molecule has 0 saturated heterocycles. The summed E-state index contributed by atoms with van der Waals surface area (Å²) in [5.41, 5.74) is 7.32. The molecule has 16 heavy (non-hydrogen) atoms. The number of hydrogen-bond acceptors (Lipinski definition) is 4. The van der Waals surface area contributed by atoms with Gasteiger partial charge < -0.3 is 5.73 Å². The Balaban J connectivity index is 2.27. The standard InChI is InChI=1S/C10H7ClN4S/c11-8-5-9(12)15-10(13-8)4-6(14-15)7-2-1-3-16-7/h1-5H,12H2. The number of nitrogens with two attached hydrogens (primary N) is 1. The van der Waals surface area contributed by atoms with E-state index in [9.17, 15) is 0 Å². The number of hydrogen-bond donors (Lipinski definition) is 1. The van der Waals surface area contributed by atoms with Crippen LogP contribution in [0.5, 0.6) is 0 Å². The van der Waals surface area contributed by atoms with Crippen molar-refractivity contribution in [3.8, 4) is 10.6 Å². The molecule has 2 N–H and O–H groups in total. The minimum absolute atomic E-state index is 0.377. The average molecular weight is 251 g/mol. The van der Waals surface area contributed by atoms with Gasteiger partial charge in [-0.3, -0.25) is 0 Å². The fraction of sp³-hybridized carbons (Fsp3) is 0. The molecule has 0 radical (unpaired) electrons. The lowest BCUT2D eigenvalue weighted by Crippen LogP contribution is -1.99. The highest BCUT2D eigenvalue weighted by atomic mass is 35.5. The van der Waals surface area contributed by atoms with Gasteiger partial charge in [0.05, 0.1) is 4.88 Å². The van der Waals surface area contributed by atoms with E-state index in [0.29, 0.717) is 16.6 Å². The first-order valence-electron chi connectivity index (χ1n) is 4.60. The highest BCUT2D eigenvalue weighted by Gasteiger charge is 2.08. The van der Waals surface area contributed by atoms with Crippen LogP contribution in [0.4, 0.5) is 5.82 Å². The summed E-state index contributed by atoms with van der Waals surface area (Å²) in [5, 5.41) is 6.76. The van der Waals surface area contributed by atoms with Gasteiger partial charge in [0.25, 0.3) is 0 Å². The van der Waals surface area contributed by atoms with Crippen LogP contribution in [-0.2, 0) is 0 Å². The van der Waals surface area contributed by atoms with Crippen LogP contribution < -0.4 is 5.73 Å². The number of nitrogens with zero attached hydrogens (tertiary/aromatic N) is 3. The summed E-state index contributed by atoms with van der Waals surface area (Å²) in [6.07, 6.45) is 0. The number of aromatic nitrogens is 3. The third-order valence-electron chi connectivity index (χ3n) is 2.20. The number of thiophene rings is 1. The molecule has 0 aromatic carbocycles. The van der Waals surface area contributed by atoms with Gasteiger partial charge in [-0.15, -0.1) is 11.3 Å². The fourth-order valence-corrected chi connectivity index (χ4v) is 2.39. The SMILES string of the molecule is Nc1cc(Cl)nc2cc(-c3cccs3)nn12. The van der Waals surface area contributed by atoms with E-state index < -0.39 is 0 Å². The van der Waals surface area contributed by atoms with Gasteiger partial charge in [0, 0.05) is 12.1 Å². The van der Waals surface area contributed by atoms with E-state index in [-0.39, 0.29) is 0 Å².